The van der Waals surface area contributed by atoms with Crippen molar-refractivity contribution >= 4 is 39.1 Å². The van der Waals surface area contributed by atoms with Crippen molar-refractivity contribution in [3.63, 3.8) is 0 Å². The molecule has 0 unspecified atom stereocenters. The van der Waals surface area contributed by atoms with Gasteiger partial charge in [-0.25, -0.2) is 17.2 Å². The molecule has 0 bridgehead atoms. The normalized spacial score (nSPS) is 12.0. The van der Waals surface area contributed by atoms with E-state index >= 15 is 0 Å². The third kappa shape index (κ3) is 7.79. The van der Waals surface area contributed by atoms with Crippen molar-refractivity contribution in [2.75, 3.05) is 17.4 Å². The number of rotatable bonds is 13. The van der Waals surface area contributed by atoms with Gasteiger partial charge in [0, 0.05) is 13.1 Å². The molecular weight excluding hydrogens is 560 g/mol. The minimum absolute atomic E-state index is 0.0224. The van der Waals surface area contributed by atoms with Crippen LogP contribution in [0.25, 0.3) is 0 Å². The van der Waals surface area contributed by atoms with Crippen molar-refractivity contribution in [3.05, 3.63) is 95.0 Å². The molecule has 0 aliphatic carbocycles. The average molecular weight is 592 g/mol. The summed E-state index contributed by atoms with van der Waals surface area (Å²) < 4.78 is 55.8. The number of nitrogens with zero attached hydrogens (tertiary/aromatic N) is 2. The molecule has 1 atom stereocenters. The summed E-state index contributed by atoms with van der Waals surface area (Å²) in [6.07, 6.45) is 1.86. The molecule has 0 radical (unpaired) electrons. The number of hydrogen-bond donors (Lipinski definition) is 1. The monoisotopic (exact) mass is 591 g/mol. The van der Waals surface area contributed by atoms with Crippen molar-refractivity contribution in [1.82, 2.24) is 10.2 Å². The number of carbonyl (C=O) groups excluding carboxylic acids is 2. The van der Waals surface area contributed by atoms with Crippen molar-refractivity contribution in [1.29, 1.82) is 0 Å². The highest BCUT2D eigenvalue weighted by Crippen LogP contribution is 2.28. The van der Waals surface area contributed by atoms with Gasteiger partial charge in [0.1, 0.15) is 24.2 Å². The van der Waals surface area contributed by atoms with Gasteiger partial charge in [-0.3, -0.25) is 13.9 Å². The molecule has 214 valence electrons. The first-order chi connectivity index (χ1) is 19.1. The molecule has 0 saturated heterocycles. The molecule has 2 amide bonds. The molecule has 0 fully saturated rings. The lowest BCUT2D eigenvalue weighted by Gasteiger charge is -2.33. The van der Waals surface area contributed by atoms with Gasteiger partial charge in [0.05, 0.1) is 15.6 Å². The van der Waals surface area contributed by atoms with Gasteiger partial charge in [0.25, 0.3) is 10.0 Å². The summed E-state index contributed by atoms with van der Waals surface area (Å²) in [5, 5.41) is 2.52. The first-order valence-corrected chi connectivity index (χ1v) is 14.7. The summed E-state index contributed by atoms with van der Waals surface area (Å²) in [6.45, 7) is 3.39. The van der Waals surface area contributed by atoms with Gasteiger partial charge in [-0.15, -0.1) is 0 Å². The van der Waals surface area contributed by atoms with Gasteiger partial charge in [-0.05, 0) is 60.9 Å². The zero-order valence-corrected chi connectivity index (χ0v) is 23.9. The summed E-state index contributed by atoms with van der Waals surface area (Å²) in [7, 11) is -4.31. The van der Waals surface area contributed by atoms with E-state index in [0.29, 0.717) is 12.1 Å². The number of benzene rings is 3. The fourth-order valence-corrected chi connectivity index (χ4v) is 5.70. The Bertz CT molecular complexity index is 1410. The van der Waals surface area contributed by atoms with Crippen molar-refractivity contribution in [2.24, 2.45) is 0 Å². The van der Waals surface area contributed by atoms with E-state index in [1.807, 2.05) is 6.92 Å². The highest BCUT2D eigenvalue weighted by molar-refractivity contribution is 7.92. The second kappa shape index (κ2) is 14.2. The van der Waals surface area contributed by atoms with E-state index in [4.69, 9.17) is 11.6 Å². The Labute approximate surface area is 238 Å². The van der Waals surface area contributed by atoms with E-state index in [1.165, 1.54) is 47.4 Å². The molecule has 7 nitrogen and oxygen atoms in total. The molecule has 0 heterocycles. The topological polar surface area (TPSA) is 86.8 Å². The maximum Gasteiger partial charge on any atom is 0.264 e. The highest BCUT2D eigenvalue weighted by Gasteiger charge is 2.33. The highest BCUT2D eigenvalue weighted by atomic mass is 35.5. The van der Waals surface area contributed by atoms with E-state index in [0.717, 1.165) is 29.3 Å². The third-order valence-corrected chi connectivity index (χ3v) is 8.36. The van der Waals surface area contributed by atoms with Crippen LogP contribution in [0.1, 0.15) is 38.7 Å². The lowest BCUT2D eigenvalue weighted by Crippen LogP contribution is -2.52. The first kappa shape index (κ1) is 31.0. The molecule has 1 N–H and O–H groups in total. The Morgan fingerprint density at radius 3 is 2.25 bits per heavy atom. The van der Waals surface area contributed by atoms with Crippen LogP contribution in [0.2, 0.25) is 5.02 Å². The van der Waals surface area contributed by atoms with E-state index in [1.54, 1.807) is 25.1 Å². The van der Waals surface area contributed by atoms with Crippen LogP contribution in [0.4, 0.5) is 14.5 Å². The van der Waals surface area contributed by atoms with Crippen molar-refractivity contribution < 1.29 is 26.8 Å². The van der Waals surface area contributed by atoms with Crippen LogP contribution >= 0.6 is 11.6 Å². The maximum absolute atomic E-state index is 14.0. The van der Waals surface area contributed by atoms with Crippen LogP contribution in [-0.4, -0.2) is 44.3 Å². The number of amides is 2. The van der Waals surface area contributed by atoms with Gasteiger partial charge in [0.15, 0.2) is 0 Å². The lowest BCUT2D eigenvalue weighted by atomic mass is 10.1. The lowest BCUT2D eigenvalue weighted by molar-refractivity contribution is -0.140. The zero-order valence-electron chi connectivity index (χ0n) is 22.3. The second-order valence-corrected chi connectivity index (χ2v) is 11.4. The van der Waals surface area contributed by atoms with Crippen LogP contribution in [0.5, 0.6) is 0 Å². The molecule has 11 heteroatoms. The van der Waals surface area contributed by atoms with Crippen LogP contribution in [-0.2, 0) is 26.2 Å². The largest absolute Gasteiger partial charge is 0.354 e. The Hall–Kier alpha value is -3.50. The SMILES string of the molecule is CCCCNC(=O)[C@@H](CC)N(Cc1ccc(F)cc1)C(=O)CN(c1ccc(F)c(Cl)c1)S(=O)(=O)c1ccccc1. The zero-order chi connectivity index (χ0) is 29.3. The third-order valence-electron chi connectivity index (χ3n) is 6.28. The standard InChI is InChI=1S/C29H32ClF2N3O4S/c1-3-5-17-33-29(37)27(4-2)34(19-21-11-13-22(31)14-12-21)28(36)20-35(23-15-16-26(32)25(30)18-23)40(38,39)24-9-7-6-8-10-24/h6-16,18,27H,3-5,17,19-20H2,1-2H3,(H,33,37)/t27-/m1/s1. The number of hydrogen-bond acceptors (Lipinski definition) is 4. The van der Waals surface area contributed by atoms with Crippen molar-refractivity contribution in [2.45, 2.75) is 50.6 Å². The Morgan fingerprint density at radius 2 is 1.65 bits per heavy atom. The minimum Gasteiger partial charge on any atom is -0.354 e. The van der Waals surface area contributed by atoms with Crippen LogP contribution in [0.3, 0.4) is 0 Å². The summed E-state index contributed by atoms with van der Waals surface area (Å²) in [5.74, 6) is -2.27. The smallest absolute Gasteiger partial charge is 0.264 e. The summed E-state index contributed by atoms with van der Waals surface area (Å²) in [6, 6.07) is 15.4. The van der Waals surface area contributed by atoms with Gasteiger partial charge in [-0.1, -0.05) is 62.2 Å². The summed E-state index contributed by atoms with van der Waals surface area (Å²) in [4.78, 5) is 28.3. The number of carbonyl (C=O) groups is 2. The van der Waals surface area contributed by atoms with E-state index in [9.17, 15) is 26.8 Å². The second-order valence-electron chi connectivity index (χ2n) is 9.14. The predicted molar refractivity (Wildman–Crippen MR) is 151 cm³/mol. The molecule has 0 aliphatic heterocycles. The van der Waals surface area contributed by atoms with Crippen molar-refractivity contribution in [3.8, 4) is 0 Å². The summed E-state index contributed by atoms with van der Waals surface area (Å²) in [5.41, 5.74) is 0.530. The Kier molecular flexibility index (Phi) is 11.0. The molecule has 0 aromatic heterocycles. The molecule has 40 heavy (non-hydrogen) atoms. The van der Waals surface area contributed by atoms with Gasteiger partial charge in [0.2, 0.25) is 11.8 Å². The average Bonchev–Trinajstić information content (AvgIpc) is 2.94. The quantitative estimate of drug-likeness (QED) is 0.265. The molecule has 3 aromatic rings. The first-order valence-electron chi connectivity index (χ1n) is 12.9. The van der Waals surface area contributed by atoms with E-state index in [2.05, 4.69) is 5.32 Å². The number of unbranched alkanes of at least 4 members (excludes halogenated alkanes) is 1. The number of sulfonamides is 1. The summed E-state index contributed by atoms with van der Waals surface area (Å²) >= 11 is 5.97. The molecule has 0 aliphatic rings. The van der Waals surface area contributed by atoms with E-state index in [-0.39, 0.29) is 34.5 Å². The number of nitrogens with one attached hydrogen (secondary N) is 1. The Balaban J connectivity index is 2.04. The van der Waals surface area contributed by atoms with Crippen LogP contribution in [0.15, 0.2) is 77.7 Å². The fourth-order valence-electron chi connectivity index (χ4n) is 4.10. The van der Waals surface area contributed by atoms with Gasteiger partial charge < -0.3 is 10.2 Å². The van der Waals surface area contributed by atoms with Gasteiger partial charge >= 0.3 is 0 Å². The molecule has 3 rings (SSSR count). The molecule has 0 spiro atoms. The van der Waals surface area contributed by atoms with E-state index < -0.39 is 40.2 Å². The maximum atomic E-state index is 14.0. The number of halogens is 3. The van der Waals surface area contributed by atoms with Crippen LogP contribution in [0, 0.1) is 11.6 Å². The fraction of sp³-hybridized carbons (Fsp3) is 0.310. The number of anilines is 1. The Morgan fingerprint density at radius 1 is 0.975 bits per heavy atom. The molecular formula is C29H32ClF2N3O4S. The predicted octanol–water partition coefficient (Wildman–Crippen LogP) is 5.54. The molecule has 3 aromatic carbocycles. The van der Waals surface area contributed by atoms with Gasteiger partial charge in [-0.2, -0.15) is 0 Å². The molecule has 0 saturated carbocycles. The minimum atomic E-state index is -4.31. The van der Waals surface area contributed by atoms with Crippen LogP contribution < -0.4 is 9.62 Å².